The summed E-state index contributed by atoms with van der Waals surface area (Å²) in [5.74, 6) is -0.219. The summed E-state index contributed by atoms with van der Waals surface area (Å²) in [5, 5.41) is 11.8. The van der Waals surface area contributed by atoms with Crippen LogP contribution in [0, 0.1) is 6.92 Å². The van der Waals surface area contributed by atoms with Gasteiger partial charge in [0.05, 0.1) is 42.0 Å². The lowest BCUT2D eigenvalue weighted by Gasteiger charge is -2.32. The Morgan fingerprint density at radius 1 is 1.15 bits per heavy atom. The van der Waals surface area contributed by atoms with Crippen molar-refractivity contribution in [2.75, 3.05) is 65.0 Å². The second kappa shape index (κ2) is 12.2. The summed E-state index contributed by atoms with van der Waals surface area (Å²) in [5.41, 5.74) is 1.54. The number of carbonyl (C=O) groups is 1. The SMILES string of the molecule is Cc1cc(NC(=O)c2ccc(NS(=O)(=O)CCO)cc2N2CCC(=C(F)F)CC2)nc(N2CCO[C@H](C)C2)n1. The summed E-state index contributed by atoms with van der Waals surface area (Å²) >= 11 is 0. The Balaban J connectivity index is 1.62. The van der Waals surface area contributed by atoms with Crippen LogP contribution in [-0.2, 0) is 14.8 Å². The van der Waals surface area contributed by atoms with Crippen LogP contribution in [0.5, 0.6) is 0 Å². The molecule has 3 heterocycles. The van der Waals surface area contributed by atoms with Crippen molar-refractivity contribution in [3.63, 3.8) is 0 Å². The number of hydrogen-bond acceptors (Lipinski definition) is 9. The molecule has 2 aliphatic heterocycles. The van der Waals surface area contributed by atoms with Gasteiger partial charge in [-0.3, -0.25) is 9.52 Å². The lowest BCUT2D eigenvalue weighted by molar-refractivity contribution is 0.0526. The first kappa shape index (κ1) is 28.6. The second-order valence-corrected chi connectivity index (χ2v) is 11.3. The highest BCUT2D eigenvalue weighted by Gasteiger charge is 2.25. The van der Waals surface area contributed by atoms with Crippen molar-refractivity contribution in [1.29, 1.82) is 0 Å². The molecule has 0 spiro atoms. The standard InChI is InChI=1S/C25H32F2N6O5S/c1-16-13-22(30-25(28-16)33-9-11-38-17(2)15-33)29-24(35)20-4-3-19(31-39(36,37)12-10-34)14-21(20)32-7-5-18(6-8-32)23(26)27/h3-4,13-14,17,31,34H,5-12,15H2,1-2H3,(H,28,29,30,35)/t17-/m1/s1. The predicted molar refractivity (Wildman–Crippen MR) is 144 cm³/mol. The van der Waals surface area contributed by atoms with Gasteiger partial charge in [0.25, 0.3) is 12.0 Å². The molecule has 1 atom stereocenters. The van der Waals surface area contributed by atoms with Crippen LogP contribution in [0.25, 0.3) is 0 Å². The van der Waals surface area contributed by atoms with E-state index < -0.39 is 34.4 Å². The van der Waals surface area contributed by atoms with E-state index in [4.69, 9.17) is 9.84 Å². The number of rotatable bonds is 8. The van der Waals surface area contributed by atoms with Crippen LogP contribution in [-0.4, -0.2) is 80.6 Å². The van der Waals surface area contributed by atoms with E-state index in [0.29, 0.717) is 42.8 Å². The fraction of sp³-hybridized carbons (Fsp3) is 0.480. The van der Waals surface area contributed by atoms with Crippen LogP contribution in [0.3, 0.4) is 0 Å². The van der Waals surface area contributed by atoms with E-state index in [-0.39, 0.29) is 48.9 Å². The zero-order chi connectivity index (χ0) is 28.2. The zero-order valence-corrected chi connectivity index (χ0v) is 22.6. The molecule has 2 fully saturated rings. The van der Waals surface area contributed by atoms with Crippen molar-refractivity contribution >= 4 is 39.1 Å². The topological polar surface area (TPSA) is 137 Å². The van der Waals surface area contributed by atoms with Gasteiger partial charge >= 0.3 is 0 Å². The Bertz CT molecular complexity index is 1340. The maximum absolute atomic E-state index is 13.5. The highest BCUT2D eigenvalue weighted by molar-refractivity contribution is 7.92. The lowest BCUT2D eigenvalue weighted by atomic mass is 10.0. The minimum atomic E-state index is -3.81. The van der Waals surface area contributed by atoms with Crippen LogP contribution in [0.15, 0.2) is 35.9 Å². The number of sulfonamides is 1. The molecule has 1 aromatic heterocycles. The number of aryl methyl sites for hydroxylation is 1. The van der Waals surface area contributed by atoms with Gasteiger partial charge in [0.1, 0.15) is 5.82 Å². The minimum Gasteiger partial charge on any atom is -0.395 e. The quantitative estimate of drug-likeness (QED) is 0.441. The van der Waals surface area contributed by atoms with Gasteiger partial charge in [-0.25, -0.2) is 13.4 Å². The molecule has 212 valence electrons. The third-order valence-corrected chi connectivity index (χ3v) is 7.73. The number of benzene rings is 1. The highest BCUT2D eigenvalue weighted by Crippen LogP contribution is 2.31. The molecule has 1 amide bonds. The zero-order valence-electron chi connectivity index (χ0n) is 21.8. The van der Waals surface area contributed by atoms with E-state index >= 15 is 0 Å². The normalized spacial score (nSPS) is 18.2. The molecule has 0 radical (unpaired) electrons. The van der Waals surface area contributed by atoms with Gasteiger partial charge in [-0.1, -0.05) is 0 Å². The largest absolute Gasteiger partial charge is 0.395 e. The lowest BCUT2D eigenvalue weighted by Crippen LogP contribution is -2.42. The number of aliphatic hydroxyl groups excluding tert-OH is 1. The van der Waals surface area contributed by atoms with E-state index in [2.05, 4.69) is 20.0 Å². The van der Waals surface area contributed by atoms with Crippen molar-refractivity contribution in [2.45, 2.75) is 32.8 Å². The Morgan fingerprint density at radius 3 is 2.56 bits per heavy atom. The number of anilines is 4. The van der Waals surface area contributed by atoms with Crippen LogP contribution in [0.4, 0.5) is 31.9 Å². The van der Waals surface area contributed by atoms with E-state index in [0.717, 1.165) is 0 Å². The van der Waals surface area contributed by atoms with Crippen molar-refractivity contribution < 1.29 is 31.8 Å². The molecular formula is C25H32F2N6O5S. The monoisotopic (exact) mass is 566 g/mol. The number of nitrogens with zero attached hydrogens (tertiary/aromatic N) is 4. The van der Waals surface area contributed by atoms with E-state index in [9.17, 15) is 22.0 Å². The molecule has 0 saturated carbocycles. The van der Waals surface area contributed by atoms with Crippen molar-refractivity contribution in [3.8, 4) is 0 Å². The van der Waals surface area contributed by atoms with Crippen LogP contribution >= 0.6 is 0 Å². The summed E-state index contributed by atoms with van der Waals surface area (Å²) in [7, 11) is -3.81. The number of ether oxygens (including phenoxy) is 1. The second-order valence-electron chi connectivity index (χ2n) is 9.50. The van der Waals surface area contributed by atoms with Gasteiger partial charge in [0, 0.05) is 37.9 Å². The summed E-state index contributed by atoms with van der Waals surface area (Å²) < 4.78 is 58.6. The van der Waals surface area contributed by atoms with Gasteiger partial charge in [0.2, 0.25) is 16.0 Å². The van der Waals surface area contributed by atoms with Gasteiger partial charge in [0.15, 0.2) is 0 Å². The smallest absolute Gasteiger partial charge is 0.269 e. The molecule has 11 nitrogen and oxygen atoms in total. The summed E-state index contributed by atoms with van der Waals surface area (Å²) in [6.07, 6.45) is -1.43. The average molecular weight is 567 g/mol. The number of piperidine rings is 1. The first-order valence-electron chi connectivity index (χ1n) is 12.6. The van der Waals surface area contributed by atoms with Crippen LogP contribution in [0.2, 0.25) is 0 Å². The van der Waals surface area contributed by atoms with Gasteiger partial charge in [-0.2, -0.15) is 13.8 Å². The Morgan fingerprint density at radius 2 is 1.90 bits per heavy atom. The predicted octanol–water partition coefficient (Wildman–Crippen LogP) is 2.75. The molecule has 1 aromatic carbocycles. The van der Waals surface area contributed by atoms with Crippen molar-refractivity contribution in [1.82, 2.24) is 9.97 Å². The average Bonchev–Trinajstić information content (AvgIpc) is 2.88. The molecule has 3 N–H and O–H groups in total. The van der Waals surface area contributed by atoms with E-state index in [1.54, 1.807) is 17.9 Å². The highest BCUT2D eigenvalue weighted by atomic mass is 32.2. The third kappa shape index (κ3) is 7.40. The summed E-state index contributed by atoms with van der Waals surface area (Å²) in [6, 6.07) is 6.05. The number of aromatic nitrogens is 2. The molecule has 0 aliphatic carbocycles. The molecule has 0 bridgehead atoms. The fourth-order valence-corrected chi connectivity index (χ4v) is 5.38. The molecule has 14 heteroatoms. The van der Waals surface area contributed by atoms with Gasteiger partial charge < -0.3 is 25.0 Å². The Hall–Kier alpha value is -3.36. The van der Waals surface area contributed by atoms with E-state index in [1.165, 1.54) is 18.2 Å². The Labute approximate surface area is 225 Å². The maximum Gasteiger partial charge on any atom is 0.269 e. The van der Waals surface area contributed by atoms with E-state index in [1.807, 2.05) is 11.8 Å². The molecule has 0 unspecified atom stereocenters. The molecule has 39 heavy (non-hydrogen) atoms. The summed E-state index contributed by atoms with van der Waals surface area (Å²) in [4.78, 5) is 26.2. The van der Waals surface area contributed by atoms with Crippen molar-refractivity contribution in [3.05, 3.63) is 47.2 Å². The first-order chi connectivity index (χ1) is 18.5. The first-order valence-corrected chi connectivity index (χ1v) is 14.3. The fourth-order valence-electron chi connectivity index (χ4n) is 4.55. The minimum absolute atomic E-state index is 0.0163. The van der Waals surface area contributed by atoms with Gasteiger partial charge in [-0.05, 0) is 50.5 Å². The van der Waals surface area contributed by atoms with Crippen LogP contribution < -0.4 is 19.8 Å². The molecular weight excluding hydrogens is 534 g/mol. The van der Waals surface area contributed by atoms with Gasteiger partial charge in [-0.15, -0.1) is 0 Å². The number of nitrogens with one attached hydrogen (secondary N) is 2. The maximum atomic E-state index is 13.5. The number of amides is 1. The third-order valence-electron chi connectivity index (χ3n) is 6.46. The molecule has 2 saturated heterocycles. The molecule has 4 rings (SSSR count). The Kier molecular flexibility index (Phi) is 8.97. The number of carbonyl (C=O) groups excluding carboxylic acids is 1. The number of halogens is 2. The van der Waals surface area contributed by atoms with Crippen LogP contribution in [0.1, 0.15) is 35.8 Å². The summed E-state index contributed by atoms with van der Waals surface area (Å²) in [6.45, 7) is 5.42. The number of aliphatic hydroxyl groups is 1. The number of hydrogen-bond donors (Lipinski definition) is 3. The number of morpholine rings is 1. The molecule has 2 aromatic rings. The van der Waals surface area contributed by atoms with Crippen molar-refractivity contribution in [2.24, 2.45) is 0 Å². The molecule has 2 aliphatic rings.